The van der Waals surface area contributed by atoms with Gasteiger partial charge in [0.1, 0.15) is 6.42 Å². The van der Waals surface area contributed by atoms with Crippen LogP contribution in [-0.4, -0.2) is 35.8 Å². The van der Waals surface area contributed by atoms with E-state index in [2.05, 4.69) is 5.32 Å². The van der Waals surface area contributed by atoms with Crippen LogP contribution in [0.25, 0.3) is 0 Å². The molecule has 1 aromatic rings. The molecule has 1 aliphatic rings. The van der Waals surface area contributed by atoms with Crippen LogP contribution in [0.4, 0.5) is 0 Å². The van der Waals surface area contributed by atoms with Gasteiger partial charge in [-0.3, -0.25) is 9.59 Å². The number of carbonyl (C=O) groups excluding carboxylic acids is 2. The minimum Gasteiger partial charge on any atom is -0.352 e. The Balaban J connectivity index is 1.84. The summed E-state index contributed by atoms with van der Waals surface area (Å²) in [6.07, 6.45) is 1.36. The first-order valence-electron chi connectivity index (χ1n) is 6.71. The summed E-state index contributed by atoms with van der Waals surface area (Å²) in [5.74, 6) is -0.201. The number of rotatable bonds is 3. The largest absolute Gasteiger partial charge is 0.352 e. The number of amides is 2. The van der Waals surface area contributed by atoms with Crippen LogP contribution >= 0.6 is 0 Å². The predicted molar refractivity (Wildman–Crippen MR) is 73.7 cm³/mol. The number of hydrogen-bond donors (Lipinski definition) is 1. The van der Waals surface area contributed by atoms with E-state index in [4.69, 9.17) is 5.26 Å². The summed E-state index contributed by atoms with van der Waals surface area (Å²) in [5, 5.41) is 11.3. The summed E-state index contributed by atoms with van der Waals surface area (Å²) >= 11 is 0. The predicted octanol–water partition coefficient (Wildman–Crippen LogP) is 1.32. The molecule has 1 aliphatic heterocycles. The molecule has 1 N–H and O–H groups in total. The van der Waals surface area contributed by atoms with E-state index in [0.29, 0.717) is 18.7 Å². The normalized spacial score (nSPS) is 15.4. The Kier molecular flexibility index (Phi) is 4.72. The first-order chi connectivity index (χ1) is 9.70. The Morgan fingerprint density at radius 2 is 1.90 bits per heavy atom. The van der Waals surface area contributed by atoms with Gasteiger partial charge in [-0.2, -0.15) is 5.26 Å². The molecular formula is C15H17N3O2. The van der Waals surface area contributed by atoms with Gasteiger partial charge in [0.05, 0.1) is 6.07 Å². The number of benzene rings is 1. The summed E-state index contributed by atoms with van der Waals surface area (Å²) in [6.45, 7) is 1.26. The number of carbonyl (C=O) groups is 2. The molecule has 1 saturated heterocycles. The molecule has 0 bridgehead atoms. The van der Waals surface area contributed by atoms with Crippen LogP contribution in [0.1, 0.15) is 29.6 Å². The zero-order valence-electron chi connectivity index (χ0n) is 11.2. The first-order valence-corrected chi connectivity index (χ1v) is 6.71. The van der Waals surface area contributed by atoms with Crippen molar-refractivity contribution >= 4 is 11.8 Å². The van der Waals surface area contributed by atoms with Crippen LogP contribution in [0.2, 0.25) is 0 Å². The maximum Gasteiger partial charge on any atom is 0.253 e. The van der Waals surface area contributed by atoms with Crippen molar-refractivity contribution < 1.29 is 9.59 Å². The Hall–Kier alpha value is -2.35. The van der Waals surface area contributed by atoms with Crippen LogP contribution in [0.5, 0.6) is 0 Å². The number of nitriles is 1. The second-order valence-electron chi connectivity index (χ2n) is 4.83. The standard InChI is InChI=1S/C15H17N3O2/c16-9-6-14(19)17-13-7-10-18(11-8-13)15(20)12-4-2-1-3-5-12/h1-5,13H,6-8,10-11H2,(H,17,19). The molecule has 2 rings (SSSR count). The van der Waals surface area contributed by atoms with Gasteiger partial charge in [-0.15, -0.1) is 0 Å². The SMILES string of the molecule is N#CCC(=O)NC1CCN(C(=O)c2ccccc2)CC1. The number of nitrogens with one attached hydrogen (secondary N) is 1. The number of hydrogen-bond acceptors (Lipinski definition) is 3. The van der Waals surface area contributed by atoms with Crippen molar-refractivity contribution in [2.75, 3.05) is 13.1 Å². The van der Waals surface area contributed by atoms with Crippen LogP contribution in [0.15, 0.2) is 30.3 Å². The highest BCUT2D eigenvalue weighted by Crippen LogP contribution is 2.14. The Labute approximate surface area is 118 Å². The van der Waals surface area contributed by atoms with Crippen molar-refractivity contribution in [1.29, 1.82) is 5.26 Å². The minimum atomic E-state index is -0.236. The van der Waals surface area contributed by atoms with E-state index in [1.807, 2.05) is 41.3 Å². The summed E-state index contributed by atoms with van der Waals surface area (Å²) < 4.78 is 0. The lowest BCUT2D eigenvalue weighted by atomic mass is 10.0. The minimum absolute atomic E-state index is 0.0346. The molecule has 0 atom stereocenters. The van der Waals surface area contributed by atoms with Crippen molar-refractivity contribution in [2.45, 2.75) is 25.3 Å². The molecule has 104 valence electrons. The Morgan fingerprint density at radius 3 is 2.50 bits per heavy atom. The summed E-state index contributed by atoms with van der Waals surface area (Å²) in [6, 6.07) is 11.1. The fourth-order valence-corrected chi connectivity index (χ4v) is 2.34. The molecule has 0 radical (unpaired) electrons. The van der Waals surface area contributed by atoms with Crippen LogP contribution in [-0.2, 0) is 4.79 Å². The van der Waals surface area contributed by atoms with E-state index < -0.39 is 0 Å². The highest BCUT2D eigenvalue weighted by molar-refractivity contribution is 5.94. The monoisotopic (exact) mass is 271 g/mol. The molecular weight excluding hydrogens is 254 g/mol. The third kappa shape index (κ3) is 3.58. The van der Waals surface area contributed by atoms with Gasteiger partial charge in [-0.05, 0) is 25.0 Å². The van der Waals surface area contributed by atoms with E-state index in [9.17, 15) is 9.59 Å². The molecule has 1 aromatic carbocycles. The summed E-state index contributed by atoms with van der Waals surface area (Å²) in [5.41, 5.74) is 0.694. The molecule has 1 heterocycles. The van der Waals surface area contributed by atoms with Crippen molar-refractivity contribution in [2.24, 2.45) is 0 Å². The van der Waals surface area contributed by atoms with Gasteiger partial charge in [0.15, 0.2) is 0 Å². The molecule has 2 amide bonds. The molecule has 0 aliphatic carbocycles. The van der Waals surface area contributed by atoms with E-state index in [-0.39, 0.29) is 24.3 Å². The molecule has 5 heteroatoms. The van der Waals surface area contributed by atoms with Gasteiger partial charge < -0.3 is 10.2 Å². The van der Waals surface area contributed by atoms with E-state index in [1.54, 1.807) is 0 Å². The maximum atomic E-state index is 12.2. The van der Waals surface area contributed by atoms with Crippen LogP contribution in [0.3, 0.4) is 0 Å². The molecule has 0 unspecified atom stereocenters. The zero-order valence-corrected chi connectivity index (χ0v) is 11.2. The van der Waals surface area contributed by atoms with Crippen molar-refractivity contribution in [3.63, 3.8) is 0 Å². The molecule has 0 saturated carbocycles. The van der Waals surface area contributed by atoms with Gasteiger partial charge in [-0.1, -0.05) is 18.2 Å². The first kappa shape index (κ1) is 14.1. The van der Waals surface area contributed by atoms with E-state index in [0.717, 1.165) is 12.8 Å². The zero-order chi connectivity index (χ0) is 14.4. The van der Waals surface area contributed by atoms with Crippen molar-refractivity contribution in [3.05, 3.63) is 35.9 Å². The number of piperidine rings is 1. The summed E-state index contributed by atoms with van der Waals surface area (Å²) in [4.78, 5) is 25.4. The molecule has 0 aromatic heterocycles. The lowest BCUT2D eigenvalue weighted by Gasteiger charge is -2.32. The lowest BCUT2D eigenvalue weighted by molar-refractivity contribution is -0.121. The number of nitrogens with zero attached hydrogens (tertiary/aromatic N) is 2. The van der Waals surface area contributed by atoms with Gasteiger partial charge >= 0.3 is 0 Å². The van der Waals surface area contributed by atoms with Crippen molar-refractivity contribution in [1.82, 2.24) is 10.2 Å². The highest BCUT2D eigenvalue weighted by Gasteiger charge is 2.24. The second kappa shape index (κ2) is 6.71. The fourth-order valence-electron chi connectivity index (χ4n) is 2.34. The Bertz CT molecular complexity index is 514. The Morgan fingerprint density at radius 1 is 1.25 bits per heavy atom. The van der Waals surface area contributed by atoms with E-state index >= 15 is 0 Å². The third-order valence-corrected chi connectivity index (χ3v) is 3.41. The van der Waals surface area contributed by atoms with Gasteiger partial charge in [-0.25, -0.2) is 0 Å². The topological polar surface area (TPSA) is 73.2 Å². The number of likely N-dealkylation sites (tertiary alicyclic amines) is 1. The van der Waals surface area contributed by atoms with Crippen molar-refractivity contribution in [3.8, 4) is 6.07 Å². The lowest BCUT2D eigenvalue weighted by Crippen LogP contribution is -2.46. The highest BCUT2D eigenvalue weighted by atomic mass is 16.2. The quantitative estimate of drug-likeness (QED) is 0.901. The average Bonchev–Trinajstić information content (AvgIpc) is 2.48. The van der Waals surface area contributed by atoms with E-state index in [1.165, 1.54) is 0 Å². The second-order valence-corrected chi connectivity index (χ2v) is 4.83. The molecule has 20 heavy (non-hydrogen) atoms. The maximum absolute atomic E-state index is 12.2. The molecule has 5 nitrogen and oxygen atoms in total. The summed E-state index contributed by atoms with van der Waals surface area (Å²) in [7, 11) is 0. The third-order valence-electron chi connectivity index (χ3n) is 3.41. The molecule has 0 spiro atoms. The average molecular weight is 271 g/mol. The van der Waals surface area contributed by atoms with Gasteiger partial charge in [0, 0.05) is 24.7 Å². The molecule has 1 fully saturated rings. The smallest absolute Gasteiger partial charge is 0.253 e. The fraction of sp³-hybridized carbons (Fsp3) is 0.400. The van der Waals surface area contributed by atoms with Crippen LogP contribution in [0, 0.1) is 11.3 Å². The van der Waals surface area contributed by atoms with Crippen LogP contribution < -0.4 is 5.32 Å². The van der Waals surface area contributed by atoms with Gasteiger partial charge in [0.25, 0.3) is 5.91 Å². The van der Waals surface area contributed by atoms with Gasteiger partial charge in [0.2, 0.25) is 5.91 Å².